The van der Waals surface area contributed by atoms with Crippen molar-refractivity contribution in [2.75, 3.05) is 19.6 Å². The zero-order valence-corrected chi connectivity index (χ0v) is 17.3. The van der Waals surface area contributed by atoms with Crippen molar-refractivity contribution in [3.05, 3.63) is 47.5 Å². The van der Waals surface area contributed by atoms with Crippen LogP contribution in [-0.2, 0) is 17.9 Å². The van der Waals surface area contributed by atoms with Crippen LogP contribution in [0.3, 0.4) is 0 Å². The number of amides is 2. The van der Waals surface area contributed by atoms with Gasteiger partial charge in [-0.3, -0.25) is 19.3 Å². The van der Waals surface area contributed by atoms with E-state index in [4.69, 9.17) is 0 Å². The van der Waals surface area contributed by atoms with Crippen molar-refractivity contribution in [3.8, 4) is 0 Å². The average Bonchev–Trinajstić information content (AvgIpc) is 3.12. The fourth-order valence-electron chi connectivity index (χ4n) is 4.67. The minimum Gasteiger partial charge on any atom is -0.338 e. The highest BCUT2D eigenvalue weighted by Crippen LogP contribution is 2.40. The second kappa shape index (κ2) is 7.97. The van der Waals surface area contributed by atoms with Gasteiger partial charge in [0.1, 0.15) is 5.69 Å². The van der Waals surface area contributed by atoms with E-state index in [1.165, 1.54) is 0 Å². The number of likely N-dealkylation sites (tertiary alicyclic amines) is 2. The molecule has 0 N–H and O–H groups in total. The maximum atomic E-state index is 13.0. The minimum atomic E-state index is 0.0721. The monoisotopic (exact) mass is 395 g/mol. The Morgan fingerprint density at radius 1 is 1.17 bits per heavy atom. The molecule has 4 heterocycles. The van der Waals surface area contributed by atoms with E-state index in [-0.39, 0.29) is 17.2 Å². The van der Waals surface area contributed by atoms with Gasteiger partial charge in [-0.1, -0.05) is 0 Å². The number of pyridine rings is 1. The molecule has 2 aromatic heterocycles. The number of aryl methyl sites for hydroxylation is 2. The molecule has 0 radical (unpaired) electrons. The third kappa shape index (κ3) is 4.04. The van der Waals surface area contributed by atoms with Crippen molar-refractivity contribution in [2.24, 2.45) is 5.41 Å². The summed E-state index contributed by atoms with van der Waals surface area (Å²) in [5.74, 6) is 0.302. The fourth-order valence-corrected chi connectivity index (χ4v) is 4.67. The second-order valence-electron chi connectivity index (χ2n) is 8.38. The largest absolute Gasteiger partial charge is 0.338 e. The Balaban J connectivity index is 1.41. The maximum Gasteiger partial charge on any atom is 0.272 e. The second-order valence-corrected chi connectivity index (χ2v) is 8.38. The lowest BCUT2D eigenvalue weighted by molar-refractivity contribution is -0.139. The molecular formula is C22H29N5O2. The molecule has 0 bridgehead atoms. The Labute approximate surface area is 171 Å². The Morgan fingerprint density at radius 3 is 2.59 bits per heavy atom. The van der Waals surface area contributed by atoms with Crippen molar-refractivity contribution in [3.63, 3.8) is 0 Å². The fraction of sp³-hybridized carbons (Fsp3) is 0.545. The SMILES string of the molecule is CCn1nc(C)cc1C(=O)N1CCC2(CCC(=O)N(Cc3ccncc3)C2)CC1. The van der Waals surface area contributed by atoms with Crippen LogP contribution in [0, 0.1) is 12.3 Å². The van der Waals surface area contributed by atoms with Gasteiger partial charge in [0.15, 0.2) is 0 Å². The van der Waals surface area contributed by atoms with Crippen LogP contribution in [0.1, 0.15) is 54.4 Å². The Kier molecular flexibility index (Phi) is 5.39. The predicted molar refractivity (Wildman–Crippen MR) is 109 cm³/mol. The van der Waals surface area contributed by atoms with Crippen LogP contribution in [0.2, 0.25) is 0 Å². The summed E-state index contributed by atoms with van der Waals surface area (Å²) in [4.78, 5) is 33.5. The quantitative estimate of drug-likeness (QED) is 0.798. The first-order chi connectivity index (χ1) is 14.0. The van der Waals surface area contributed by atoms with Gasteiger partial charge in [0.2, 0.25) is 5.91 Å². The molecule has 0 saturated carbocycles. The zero-order valence-electron chi connectivity index (χ0n) is 17.3. The van der Waals surface area contributed by atoms with E-state index in [0.717, 1.165) is 50.2 Å². The Hall–Kier alpha value is -2.70. The molecule has 2 amide bonds. The lowest BCUT2D eigenvalue weighted by atomic mass is 9.72. The third-order valence-electron chi connectivity index (χ3n) is 6.40. The van der Waals surface area contributed by atoms with Crippen LogP contribution in [-0.4, -0.2) is 56.0 Å². The van der Waals surface area contributed by atoms with Crippen molar-refractivity contribution >= 4 is 11.8 Å². The maximum absolute atomic E-state index is 13.0. The van der Waals surface area contributed by atoms with E-state index < -0.39 is 0 Å². The summed E-state index contributed by atoms with van der Waals surface area (Å²) < 4.78 is 1.79. The van der Waals surface area contributed by atoms with Crippen LogP contribution in [0.4, 0.5) is 0 Å². The molecule has 0 aromatic carbocycles. The van der Waals surface area contributed by atoms with Gasteiger partial charge < -0.3 is 9.80 Å². The molecule has 2 fully saturated rings. The van der Waals surface area contributed by atoms with Gasteiger partial charge in [-0.25, -0.2) is 0 Å². The lowest BCUT2D eigenvalue weighted by Gasteiger charge is -2.47. The number of piperidine rings is 2. The highest BCUT2D eigenvalue weighted by Gasteiger charge is 2.42. The van der Waals surface area contributed by atoms with Crippen molar-refractivity contribution in [1.82, 2.24) is 24.6 Å². The van der Waals surface area contributed by atoms with Gasteiger partial charge in [-0.15, -0.1) is 0 Å². The van der Waals surface area contributed by atoms with Gasteiger partial charge in [-0.05, 0) is 62.3 Å². The van der Waals surface area contributed by atoms with E-state index in [0.29, 0.717) is 25.2 Å². The molecule has 1 spiro atoms. The molecule has 29 heavy (non-hydrogen) atoms. The van der Waals surface area contributed by atoms with Crippen LogP contribution in [0.5, 0.6) is 0 Å². The summed E-state index contributed by atoms with van der Waals surface area (Å²) >= 11 is 0. The van der Waals surface area contributed by atoms with Crippen LogP contribution < -0.4 is 0 Å². The molecule has 4 rings (SSSR count). The molecule has 2 saturated heterocycles. The Bertz CT molecular complexity index is 884. The highest BCUT2D eigenvalue weighted by molar-refractivity contribution is 5.92. The molecule has 7 heteroatoms. The van der Waals surface area contributed by atoms with Gasteiger partial charge >= 0.3 is 0 Å². The van der Waals surface area contributed by atoms with Crippen molar-refractivity contribution in [1.29, 1.82) is 0 Å². The molecule has 2 aromatic rings. The van der Waals surface area contributed by atoms with E-state index in [9.17, 15) is 9.59 Å². The van der Waals surface area contributed by atoms with Gasteiger partial charge in [0.25, 0.3) is 5.91 Å². The first-order valence-corrected chi connectivity index (χ1v) is 10.5. The van der Waals surface area contributed by atoms with Gasteiger partial charge in [-0.2, -0.15) is 5.10 Å². The topological polar surface area (TPSA) is 71.3 Å². The number of aromatic nitrogens is 3. The smallest absolute Gasteiger partial charge is 0.272 e. The standard InChI is InChI=1S/C22H29N5O2/c1-3-27-19(14-17(2)24-27)21(29)25-12-8-22(9-13-25)7-4-20(28)26(16-22)15-18-5-10-23-11-6-18/h5-6,10-11,14H,3-4,7-9,12-13,15-16H2,1-2H3. The zero-order chi connectivity index (χ0) is 20.4. The molecule has 7 nitrogen and oxygen atoms in total. The number of hydrogen-bond acceptors (Lipinski definition) is 4. The first kappa shape index (κ1) is 19.6. The molecule has 0 aliphatic carbocycles. The van der Waals surface area contributed by atoms with Crippen molar-refractivity contribution in [2.45, 2.75) is 52.6 Å². The number of carbonyl (C=O) groups is 2. The van der Waals surface area contributed by atoms with Crippen LogP contribution in [0.25, 0.3) is 0 Å². The van der Waals surface area contributed by atoms with Crippen molar-refractivity contribution < 1.29 is 9.59 Å². The van der Waals surface area contributed by atoms with E-state index in [1.54, 1.807) is 17.1 Å². The van der Waals surface area contributed by atoms with Crippen LogP contribution in [0.15, 0.2) is 30.6 Å². The van der Waals surface area contributed by atoms with E-state index in [1.807, 2.05) is 41.8 Å². The predicted octanol–water partition coefficient (Wildman–Crippen LogP) is 2.65. The lowest BCUT2D eigenvalue weighted by Crippen LogP contribution is -2.52. The molecule has 2 aliphatic heterocycles. The third-order valence-corrected chi connectivity index (χ3v) is 6.40. The summed E-state index contributed by atoms with van der Waals surface area (Å²) in [5, 5.41) is 4.41. The normalized spacial score (nSPS) is 19.0. The van der Waals surface area contributed by atoms with E-state index in [2.05, 4.69) is 10.1 Å². The van der Waals surface area contributed by atoms with Gasteiger partial charge in [0.05, 0.1) is 5.69 Å². The summed E-state index contributed by atoms with van der Waals surface area (Å²) in [5.41, 5.74) is 2.79. The summed E-state index contributed by atoms with van der Waals surface area (Å²) in [6.07, 6.45) is 6.95. The van der Waals surface area contributed by atoms with Crippen LogP contribution >= 0.6 is 0 Å². The molecule has 0 atom stereocenters. The molecular weight excluding hydrogens is 366 g/mol. The summed E-state index contributed by atoms with van der Waals surface area (Å²) in [7, 11) is 0. The molecule has 0 unspecified atom stereocenters. The minimum absolute atomic E-state index is 0.0721. The summed E-state index contributed by atoms with van der Waals surface area (Å²) in [6.45, 7) is 7.52. The number of hydrogen-bond donors (Lipinski definition) is 0. The molecule has 2 aliphatic rings. The summed E-state index contributed by atoms with van der Waals surface area (Å²) in [6, 6.07) is 5.81. The van der Waals surface area contributed by atoms with E-state index >= 15 is 0 Å². The number of carbonyl (C=O) groups excluding carboxylic acids is 2. The molecule has 154 valence electrons. The number of rotatable bonds is 4. The van der Waals surface area contributed by atoms with Gasteiger partial charge in [0, 0.05) is 51.5 Å². The number of nitrogens with zero attached hydrogens (tertiary/aromatic N) is 5. The average molecular weight is 396 g/mol. The Morgan fingerprint density at radius 2 is 1.90 bits per heavy atom. The highest BCUT2D eigenvalue weighted by atomic mass is 16.2. The first-order valence-electron chi connectivity index (χ1n) is 10.5.